The van der Waals surface area contributed by atoms with E-state index in [1.54, 1.807) is 0 Å². The van der Waals surface area contributed by atoms with Crippen molar-refractivity contribution in [2.24, 2.45) is 22.7 Å². The molecule has 4 rings (SSSR count). The molecule has 0 unspecified atom stereocenters. The van der Waals surface area contributed by atoms with Crippen molar-refractivity contribution in [3.8, 4) is 0 Å². The Morgan fingerprint density at radius 3 is 2.42 bits per heavy atom. The molecule has 0 saturated heterocycles. The smallest absolute Gasteiger partial charge is 0.168 e. The Kier molecular flexibility index (Phi) is 4.00. The number of hydrogen-bond donors (Lipinski definition) is 1. The molecular weight excluding hydrogens is 320 g/mol. The quantitative estimate of drug-likeness (QED) is 0.752. The molecule has 2 nitrogen and oxygen atoms in total. The van der Waals surface area contributed by atoms with Crippen LogP contribution in [0, 0.1) is 22.7 Å². The molecule has 26 heavy (non-hydrogen) atoms. The van der Waals surface area contributed by atoms with Crippen LogP contribution in [0.4, 0.5) is 0 Å². The second-order valence-corrected chi connectivity index (χ2v) is 9.83. The maximum Gasteiger partial charge on any atom is 0.168 e. The number of aliphatic hydroxyl groups is 1. The Morgan fingerprint density at radius 1 is 1.15 bits per heavy atom. The van der Waals surface area contributed by atoms with Crippen LogP contribution in [-0.2, 0) is 4.79 Å². The van der Waals surface area contributed by atoms with E-state index in [0.29, 0.717) is 12.3 Å². The van der Waals surface area contributed by atoms with Crippen molar-refractivity contribution in [3.05, 3.63) is 47.5 Å². The summed E-state index contributed by atoms with van der Waals surface area (Å²) in [7, 11) is 0. The van der Waals surface area contributed by atoms with Crippen molar-refractivity contribution in [2.45, 2.75) is 71.3 Å². The molecule has 0 aromatic heterocycles. The van der Waals surface area contributed by atoms with E-state index in [4.69, 9.17) is 0 Å². The van der Waals surface area contributed by atoms with Gasteiger partial charge < -0.3 is 5.11 Å². The minimum atomic E-state index is -1.17. The molecule has 140 valence electrons. The van der Waals surface area contributed by atoms with E-state index >= 15 is 0 Å². The second-order valence-electron chi connectivity index (χ2n) is 9.83. The monoisotopic (exact) mass is 352 g/mol. The van der Waals surface area contributed by atoms with E-state index in [1.165, 1.54) is 11.1 Å². The Morgan fingerprint density at radius 2 is 1.85 bits per heavy atom. The lowest BCUT2D eigenvalue weighted by Gasteiger charge is -2.46. The second kappa shape index (κ2) is 5.79. The molecule has 3 aliphatic rings. The molecule has 0 aliphatic heterocycles. The Hall–Kier alpha value is -1.41. The van der Waals surface area contributed by atoms with Gasteiger partial charge in [0, 0.05) is 11.3 Å². The summed E-state index contributed by atoms with van der Waals surface area (Å²) in [5.41, 5.74) is 1.14. The molecule has 2 bridgehead atoms. The third kappa shape index (κ3) is 2.24. The van der Waals surface area contributed by atoms with Gasteiger partial charge in [-0.25, -0.2) is 0 Å². The van der Waals surface area contributed by atoms with Gasteiger partial charge in [-0.3, -0.25) is 4.79 Å². The van der Waals surface area contributed by atoms with Gasteiger partial charge in [0.25, 0.3) is 0 Å². The fourth-order valence-corrected chi connectivity index (χ4v) is 6.36. The number of hydrogen-bond acceptors (Lipinski definition) is 2. The van der Waals surface area contributed by atoms with Gasteiger partial charge in [0.1, 0.15) is 5.60 Å². The van der Waals surface area contributed by atoms with Crippen LogP contribution in [0.1, 0.15) is 71.3 Å². The summed E-state index contributed by atoms with van der Waals surface area (Å²) in [4.78, 5) is 13.8. The summed E-state index contributed by atoms with van der Waals surface area (Å²) in [6.07, 6.45) is 6.64. The highest BCUT2D eigenvalue weighted by Crippen LogP contribution is 2.70. The van der Waals surface area contributed by atoms with Crippen LogP contribution in [0.5, 0.6) is 0 Å². The van der Waals surface area contributed by atoms with Gasteiger partial charge in [0.2, 0.25) is 0 Å². The normalized spacial score (nSPS) is 41.1. The predicted molar refractivity (Wildman–Crippen MR) is 105 cm³/mol. The summed E-state index contributed by atoms with van der Waals surface area (Å²) in [5, 5.41) is 11.8. The summed E-state index contributed by atoms with van der Waals surface area (Å²) in [6.45, 7) is 8.84. The molecule has 3 aliphatic carbocycles. The van der Waals surface area contributed by atoms with Crippen LogP contribution in [-0.4, -0.2) is 16.5 Å². The molecule has 0 radical (unpaired) electrons. The molecule has 1 aromatic carbocycles. The van der Waals surface area contributed by atoms with Crippen LogP contribution in [0.15, 0.2) is 42.0 Å². The van der Waals surface area contributed by atoms with E-state index in [2.05, 4.69) is 58.0 Å². The summed E-state index contributed by atoms with van der Waals surface area (Å²) in [5.74, 6) is 0.631. The molecule has 0 amide bonds. The Bertz CT molecular complexity index is 747. The van der Waals surface area contributed by atoms with Gasteiger partial charge in [0.05, 0.1) is 0 Å². The van der Waals surface area contributed by atoms with Crippen LogP contribution < -0.4 is 0 Å². The topological polar surface area (TPSA) is 37.3 Å². The summed E-state index contributed by atoms with van der Waals surface area (Å²) < 4.78 is 0. The zero-order chi connectivity index (χ0) is 18.7. The third-order valence-corrected chi connectivity index (χ3v) is 8.61. The van der Waals surface area contributed by atoms with E-state index in [-0.39, 0.29) is 28.4 Å². The van der Waals surface area contributed by atoms with E-state index in [0.717, 1.165) is 25.7 Å². The average molecular weight is 353 g/mol. The fraction of sp³-hybridized carbons (Fsp3) is 0.625. The zero-order valence-electron chi connectivity index (χ0n) is 16.6. The van der Waals surface area contributed by atoms with Crippen LogP contribution in [0.2, 0.25) is 0 Å². The molecule has 2 heteroatoms. The zero-order valence-corrected chi connectivity index (χ0v) is 16.6. The highest BCUT2D eigenvalue weighted by molar-refractivity contribution is 5.92. The molecule has 2 fully saturated rings. The highest BCUT2D eigenvalue weighted by Gasteiger charge is 2.71. The first-order valence-electron chi connectivity index (χ1n) is 10.2. The number of rotatable bonds is 3. The first-order valence-corrected chi connectivity index (χ1v) is 10.2. The summed E-state index contributed by atoms with van der Waals surface area (Å²) in [6, 6.07) is 10.4. The molecule has 0 spiro atoms. The lowest BCUT2D eigenvalue weighted by molar-refractivity contribution is -0.160. The number of benzene rings is 1. The standard InChI is InChI=1S/C24H32O2/c1-16-10-11-19(20(14-16)17-8-6-5-7-9-17)21(25)24(26)15-18-12-13-23(24,4)22(18,2)3/h5-10,18-20,26H,11-15H2,1-4H3/t18-,19+,20-,23-,24+/m1/s1. The maximum atomic E-state index is 13.8. The number of ketones is 1. The van der Waals surface area contributed by atoms with E-state index < -0.39 is 5.60 Å². The third-order valence-electron chi connectivity index (χ3n) is 8.61. The SMILES string of the molecule is CC1=CC[C@H](C(=O)[C@@]2(O)C[C@H]3CC[C@]2(C)C3(C)C)[C@@H](c2ccccc2)C1. The number of allylic oxidation sites excluding steroid dienone is 2. The maximum absolute atomic E-state index is 13.8. The number of fused-ring (bicyclic) bond motifs is 2. The lowest BCUT2D eigenvalue weighted by atomic mass is 9.59. The Labute approximate surface area is 157 Å². The van der Waals surface area contributed by atoms with Crippen molar-refractivity contribution >= 4 is 5.78 Å². The van der Waals surface area contributed by atoms with E-state index in [1.807, 2.05) is 6.07 Å². The van der Waals surface area contributed by atoms with Gasteiger partial charge in [-0.1, -0.05) is 62.8 Å². The number of Topliss-reactive ketones (excluding diaryl/α,β-unsaturated/α-hetero) is 1. The lowest BCUT2D eigenvalue weighted by Crippen LogP contribution is -2.55. The number of carbonyl (C=O) groups is 1. The van der Waals surface area contributed by atoms with Gasteiger partial charge in [-0.2, -0.15) is 0 Å². The first kappa shape index (κ1) is 18.0. The van der Waals surface area contributed by atoms with Gasteiger partial charge in [-0.05, 0) is 61.8 Å². The van der Waals surface area contributed by atoms with Gasteiger partial charge in [0.15, 0.2) is 5.78 Å². The van der Waals surface area contributed by atoms with Gasteiger partial charge in [-0.15, -0.1) is 0 Å². The largest absolute Gasteiger partial charge is 0.381 e. The minimum Gasteiger partial charge on any atom is -0.381 e. The van der Waals surface area contributed by atoms with E-state index in [9.17, 15) is 9.90 Å². The van der Waals surface area contributed by atoms with Crippen molar-refractivity contribution < 1.29 is 9.90 Å². The molecule has 1 N–H and O–H groups in total. The number of carbonyl (C=O) groups excluding carboxylic acids is 1. The molecule has 1 aromatic rings. The highest BCUT2D eigenvalue weighted by atomic mass is 16.3. The van der Waals surface area contributed by atoms with Crippen molar-refractivity contribution in [3.63, 3.8) is 0 Å². The molecule has 0 heterocycles. The Balaban J connectivity index is 1.71. The molecular formula is C24H32O2. The van der Waals surface area contributed by atoms with Crippen LogP contribution >= 0.6 is 0 Å². The van der Waals surface area contributed by atoms with Gasteiger partial charge >= 0.3 is 0 Å². The average Bonchev–Trinajstić information content (AvgIpc) is 2.94. The van der Waals surface area contributed by atoms with Crippen molar-refractivity contribution in [2.75, 3.05) is 0 Å². The fourth-order valence-electron chi connectivity index (χ4n) is 6.36. The molecule has 5 atom stereocenters. The summed E-state index contributed by atoms with van der Waals surface area (Å²) >= 11 is 0. The predicted octanol–water partition coefficient (Wildman–Crippen LogP) is 5.27. The molecule has 2 saturated carbocycles. The van der Waals surface area contributed by atoms with Crippen molar-refractivity contribution in [1.82, 2.24) is 0 Å². The van der Waals surface area contributed by atoms with Crippen LogP contribution in [0.25, 0.3) is 0 Å². The minimum absolute atomic E-state index is 0.0279. The van der Waals surface area contributed by atoms with Crippen LogP contribution in [0.3, 0.4) is 0 Å². The van der Waals surface area contributed by atoms with Crippen molar-refractivity contribution in [1.29, 1.82) is 0 Å². The first-order chi connectivity index (χ1) is 12.2.